The largest absolute Gasteiger partial charge is 0.327 e. The molecule has 2 N–H and O–H groups in total. The maximum atomic E-state index is 6.42. The van der Waals surface area contributed by atoms with E-state index in [1.54, 1.807) is 0 Å². The Morgan fingerprint density at radius 1 is 1.18 bits per heavy atom. The van der Waals surface area contributed by atoms with Crippen molar-refractivity contribution in [3.8, 4) is 0 Å². The van der Waals surface area contributed by atoms with Crippen molar-refractivity contribution in [2.75, 3.05) is 19.6 Å². The number of hydrogen-bond acceptors (Lipinski definition) is 2. The molecule has 1 saturated heterocycles. The van der Waals surface area contributed by atoms with Gasteiger partial charge in [-0.3, -0.25) is 0 Å². The van der Waals surface area contributed by atoms with E-state index in [1.165, 1.54) is 58.2 Å². The van der Waals surface area contributed by atoms with Gasteiger partial charge in [0.05, 0.1) is 0 Å². The van der Waals surface area contributed by atoms with E-state index in [0.29, 0.717) is 6.04 Å². The molecular weight excluding hydrogens is 208 g/mol. The van der Waals surface area contributed by atoms with Crippen molar-refractivity contribution in [2.45, 2.75) is 51.5 Å². The van der Waals surface area contributed by atoms with Crippen molar-refractivity contribution in [3.63, 3.8) is 0 Å². The summed E-state index contributed by atoms with van der Waals surface area (Å²) in [7, 11) is 0. The average molecular weight is 236 g/mol. The van der Waals surface area contributed by atoms with Crippen molar-refractivity contribution in [1.82, 2.24) is 4.90 Å². The Morgan fingerprint density at radius 2 is 2.00 bits per heavy atom. The van der Waals surface area contributed by atoms with Crippen LogP contribution >= 0.6 is 0 Å². The molecule has 98 valence electrons. The van der Waals surface area contributed by atoms with Crippen molar-refractivity contribution < 1.29 is 0 Å². The number of nitrogens with zero attached hydrogens (tertiary/aromatic N) is 1. The minimum Gasteiger partial charge on any atom is -0.327 e. The lowest BCUT2D eigenvalue weighted by atomic mass is 9.84. The number of nitrogens with two attached hydrogens (primary N) is 1. The van der Waals surface area contributed by atoms with Crippen molar-refractivity contribution in [3.05, 3.63) is 0 Å². The van der Waals surface area contributed by atoms with Gasteiger partial charge in [-0.15, -0.1) is 0 Å². The summed E-state index contributed by atoms with van der Waals surface area (Å²) in [6.07, 6.45) is 8.55. The van der Waals surface area contributed by atoms with Crippen LogP contribution in [0.25, 0.3) is 0 Å². The van der Waals surface area contributed by atoms with Gasteiger partial charge in [-0.25, -0.2) is 0 Å². The standard InChI is InChI=1S/C15H28N2/c1-2-11-4-3-7-17(9-11)10-14-12-5-6-13(8-12)15(14)16/h11-15H,2-10,16H2,1H3. The normalized spacial score (nSPS) is 46.6. The first-order valence-electron chi connectivity index (χ1n) is 7.76. The van der Waals surface area contributed by atoms with Gasteiger partial charge in [0.2, 0.25) is 0 Å². The smallest absolute Gasteiger partial charge is 0.0111 e. The third kappa shape index (κ3) is 2.26. The van der Waals surface area contributed by atoms with Crippen LogP contribution in [-0.2, 0) is 0 Å². The minimum absolute atomic E-state index is 0.524. The second-order valence-corrected chi connectivity index (χ2v) is 6.75. The molecule has 2 bridgehead atoms. The first-order chi connectivity index (χ1) is 8.28. The highest BCUT2D eigenvalue weighted by Gasteiger charge is 2.46. The van der Waals surface area contributed by atoms with Gasteiger partial charge in [-0.2, -0.15) is 0 Å². The molecule has 2 aliphatic carbocycles. The minimum atomic E-state index is 0.524. The van der Waals surface area contributed by atoms with Crippen LogP contribution < -0.4 is 5.73 Å². The maximum absolute atomic E-state index is 6.42. The molecular formula is C15H28N2. The lowest BCUT2D eigenvalue weighted by molar-refractivity contribution is 0.122. The fraction of sp³-hybridized carbons (Fsp3) is 1.00. The van der Waals surface area contributed by atoms with E-state index in [-0.39, 0.29) is 0 Å². The molecule has 3 rings (SSSR count). The fourth-order valence-corrected chi connectivity index (χ4v) is 4.67. The van der Waals surface area contributed by atoms with E-state index in [0.717, 1.165) is 23.7 Å². The van der Waals surface area contributed by atoms with Crippen molar-refractivity contribution in [2.24, 2.45) is 29.4 Å². The molecule has 2 saturated carbocycles. The number of hydrogen-bond donors (Lipinski definition) is 1. The molecule has 3 fully saturated rings. The molecule has 1 aliphatic heterocycles. The van der Waals surface area contributed by atoms with E-state index in [9.17, 15) is 0 Å². The Bertz CT molecular complexity index is 264. The molecule has 2 heteroatoms. The third-order valence-corrected chi connectivity index (χ3v) is 5.81. The molecule has 0 aromatic carbocycles. The van der Waals surface area contributed by atoms with Crippen LogP contribution in [0.1, 0.15) is 45.4 Å². The first kappa shape index (κ1) is 12.0. The Kier molecular flexibility index (Phi) is 3.45. The summed E-state index contributed by atoms with van der Waals surface area (Å²) in [5, 5.41) is 0. The van der Waals surface area contributed by atoms with Gasteiger partial charge in [0, 0.05) is 19.1 Å². The summed E-state index contributed by atoms with van der Waals surface area (Å²) in [5.74, 6) is 3.62. The lowest BCUT2D eigenvalue weighted by Gasteiger charge is -2.37. The second kappa shape index (κ2) is 4.89. The summed E-state index contributed by atoms with van der Waals surface area (Å²) in [4.78, 5) is 2.73. The first-order valence-corrected chi connectivity index (χ1v) is 7.76. The van der Waals surface area contributed by atoms with E-state index in [2.05, 4.69) is 11.8 Å². The number of piperidine rings is 1. The summed E-state index contributed by atoms with van der Waals surface area (Å²) in [5.41, 5.74) is 6.42. The van der Waals surface area contributed by atoms with Gasteiger partial charge in [-0.05, 0) is 62.3 Å². The number of fused-ring (bicyclic) bond motifs is 2. The van der Waals surface area contributed by atoms with Crippen LogP contribution in [0.4, 0.5) is 0 Å². The van der Waals surface area contributed by atoms with Gasteiger partial charge in [0.15, 0.2) is 0 Å². The number of likely N-dealkylation sites (tertiary alicyclic amines) is 1. The van der Waals surface area contributed by atoms with Crippen molar-refractivity contribution >= 4 is 0 Å². The third-order valence-electron chi connectivity index (χ3n) is 5.81. The van der Waals surface area contributed by atoms with Gasteiger partial charge < -0.3 is 10.6 Å². The SMILES string of the molecule is CCC1CCCN(CC2C3CCC(C3)C2N)C1. The van der Waals surface area contributed by atoms with Crippen LogP contribution in [-0.4, -0.2) is 30.6 Å². The van der Waals surface area contributed by atoms with Gasteiger partial charge in [-0.1, -0.05) is 13.3 Å². The lowest BCUT2D eigenvalue weighted by Crippen LogP contribution is -2.45. The Morgan fingerprint density at radius 3 is 2.71 bits per heavy atom. The van der Waals surface area contributed by atoms with Crippen molar-refractivity contribution in [1.29, 1.82) is 0 Å². The van der Waals surface area contributed by atoms with E-state index >= 15 is 0 Å². The van der Waals surface area contributed by atoms with Crippen LogP contribution in [0, 0.1) is 23.7 Å². The molecule has 0 spiro atoms. The summed E-state index contributed by atoms with van der Waals surface area (Å²) >= 11 is 0. The molecule has 5 atom stereocenters. The summed E-state index contributed by atoms with van der Waals surface area (Å²) in [6, 6.07) is 0.524. The topological polar surface area (TPSA) is 29.3 Å². The zero-order valence-corrected chi connectivity index (χ0v) is 11.3. The summed E-state index contributed by atoms with van der Waals surface area (Å²) in [6.45, 7) is 6.32. The van der Waals surface area contributed by atoms with Crippen LogP contribution in [0.15, 0.2) is 0 Å². The fourth-order valence-electron chi connectivity index (χ4n) is 4.67. The van der Waals surface area contributed by atoms with E-state index < -0.39 is 0 Å². The van der Waals surface area contributed by atoms with Crippen LogP contribution in [0.5, 0.6) is 0 Å². The molecule has 0 radical (unpaired) electrons. The summed E-state index contributed by atoms with van der Waals surface area (Å²) < 4.78 is 0. The molecule has 5 unspecified atom stereocenters. The highest BCUT2D eigenvalue weighted by Crippen LogP contribution is 2.48. The highest BCUT2D eigenvalue weighted by atomic mass is 15.1. The predicted molar refractivity (Wildman–Crippen MR) is 71.8 cm³/mol. The number of rotatable bonds is 3. The monoisotopic (exact) mass is 236 g/mol. The van der Waals surface area contributed by atoms with E-state index in [4.69, 9.17) is 5.73 Å². The molecule has 0 amide bonds. The van der Waals surface area contributed by atoms with Crippen LogP contribution in [0.2, 0.25) is 0 Å². The van der Waals surface area contributed by atoms with Gasteiger partial charge in [0.1, 0.15) is 0 Å². The predicted octanol–water partition coefficient (Wildman–Crippen LogP) is 2.48. The highest BCUT2D eigenvalue weighted by molar-refractivity contribution is 5.00. The van der Waals surface area contributed by atoms with Crippen LogP contribution in [0.3, 0.4) is 0 Å². The zero-order chi connectivity index (χ0) is 11.8. The molecule has 0 aromatic rings. The molecule has 1 heterocycles. The maximum Gasteiger partial charge on any atom is 0.0111 e. The molecule has 2 nitrogen and oxygen atoms in total. The van der Waals surface area contributed by atoms with Gasteiger partial charge >= 0.3 is 0 Å². The molecule has 0 aromatic heterocycles. The Balaban J connectivity index is 1.56. The van der Waals surface area contributed by atoms with Gasteiger partial charge in [0.25, 0.3) is 0 Å². The Labute approximate surface area is 106 Å². The second-order valence-electron chi connectivity index (χ2n) is 6.75. The molecule has 17 heavy (non-hydrogen) atoms. The zero-order valence-electron chi connectivity index (χ0n) is 11.3. The quantitative estimate of drug-likeness (QED) is 0.815. The average Bonchev–Trinajstić information content (AvgIpc) is 2.93. The molecule has 3 aliphatic rings. The van der Waals surface area contributed by atoms with E-state index in [1.807, 2.05) is 0 Å². The Hall–Kier alpha value is -0.0800.